The molecule has 1 atom stereocenters. The Morgan fingerprint density at radius 1 is 1.44 bits per heavy atom. The largest absolute Gasteiger partial charge is 0.507 e. The fraction of sp³-hybridized carbons (Fsp3) is 0.538. The van der Waals surface area contributed by atoms with E-state index in [0.717, 1.165) is 23.5 Å². The molecular weight excluding hydrogens is 266 g/mol. The van der Waals surface area contributed by atoms with E-state index in [1.807, 2.05) is 12.1 Å². The van der Waals surface area contributed by atoms with E-state index >= 15 is 0 Å². The minimum absolute atomic E-state index is 0.295. The van der Waals surface area contributed by atoms with Gasteiger partial charge in [0, 0.05) is 6.54 Å². The molecule has 2 N–H and O–H groups in total. The highest BCUT2D eigenvalue weighted by Gasteiger charge is 2.02. The molecule has 2 nitrogen and oxygen atoms in total. The van der Waals surface area contributed by atoms with Crippen LogP contribution in [0.3, 0.4) is 0 Å². The number of benzene rings is 1. The lowest BCUT2D eigenvalue weighted by molar-refractivity contribution is 0.468. The van der Waals surface area contributed by atoms with Crippen molar-refractivity contribution in [2.75, 3.05) is 6.54 Å². The number of rotatable bonds is 6. The Morgan fingerprint density at radius 2 is 2.19 bits per heavy atom. The molecule has 0 aliphatic rings. The van der Waals surface area contributed by atoms with Crippen LogP contribution in [-0.4, -0.2) is 11.7 Å². The summed E-state index contributed by atoms with van der Waals surface area (Å²) in [5.74, 6) is 1.02. The Labute approximate surface area is 106 Å². The Balaban J connectivity index is 2.34. The predicted octanol–water partition coefficient (Wildman–Crippen LogP) is 3.68. The molecule has 0 aliphatic heterocycles. The summed E-state index contributed by atoms with van der Waals surface area (Å²) in [6, 6.07) is 5.61. The van der Waals surface area contributed by atoms with Crippen molar-refractivity contribution in [2.45, 2.75) is 33.2 Å². The Hall–Kier alpha value is -0.540. The monoisotopic (exact) mass is 285 g/mol. The summed E-state index contributed by atoms with van der Waals surface area (Å²) in [6.07, 6.45) is 2.51. The maximum atomic E-state index is 9.36. The second-order valence-corrected chi connectivity index (χ2v) is 5.16. The average Bonchev–Trinajstić information content (AvgIpc) is 2.24. The van der Waals surface area contributed by atoms with E-state index < -0.39 is 0 Å². The fourth-order valence-corrected chi connectivity index (χ4v) is 2.14. The third-order valence-electron chi connectivity index (χ3n) is 2.62. The maximum absolute atomic E-state index is 9.36. The van der Waals surface area contributed by atoms with Gasteiger partial charge in [0.2, 0.25) is 0 Å². The number of nitrogens with one attached hydrogen (secondary N) is 1. The van der Waals surface area contributed by atoms with Crippen molar-refractivity contribution in [3.05, 3.63) is 28.2 Å². The predicted molar refractivity (Wildman–Crippen MR) is 71.6 cm³/mol. The fourth-order valence-electron chi connectivity index (χ4n) is 1.72. The van der Waals surface area contributed by atoms with Crippen molar-refractivity contribution in [3.8, 4) is 5.75 Å². The van der Waals surface area contributed by atoms with Crippen molar-refractivity contribution >= 4 is 15.9 Å². The lowest BCUT2D eigenvalue weighted by Crippen LogP contribution is -2.20. The molecule has 1 rings (SSSR count). The molecule has 0 fully saturated rings. The van der Waals surface area contributed by atoms with Crippen LogP contribution in [0, 0.1) is 5.92 Å². The lowest BCUT2D eigenvalue weighted by Gasteiger charge is -2.11. The number of hydrogen-bond donors (Lipinski definition) is 2. The minimum Gasteiger partial charge on any atom is -0.507 e. The van der Waals surface area contributed by atoms with E-state index in [1.165, 1.54) is 18.4 Å². The van der Waals surface area contributed by atoms with Crippen LogP contribution in [0.15, 0.2) is 22.7 Å². The van der Waals surface area contributed by atoms with Crippen molar-refractivity contribution in [3.63, 3.8) is 0 Å². The first-order valence-electron chi connectivity index (χ1n) is 5.81. The van der Waals surface area contributed by atoms with E-state index in [4.69, 9.17) is 0 Å². The van der Waals surface area contributed by atoms with E-state index in [1.54, 1.807) is 6.07 Å². The smallest absolute Gasteiger partial charge is 0.129 e. The molecule has 0 amide bonds. The molecule has 1 aromatic rings. The van der Waals surface area contributed by atoms with E-state index in [2.05, 4.69) is 35.1 Å². The summed E-state index contributed by atoms with van der Waals surface area (Å²) in [7, 11) is 0. The topological polar surface area (TPSA) is 32.3 Å². The summed E-state index contributed by atoms with van der Waals surface area (Å²) >= 11 is 3.31. The van der Waals surface area contributed by atoms with Crippen LogP contribution in [0.25, 0.3) is 0 Å². The molecule has 0 aliphatic carbocycles. The Bertz CT molecular complexity index is 328. The van der Waals surface area contributed by atoms with Crippen LogP contribution < -0.4 is 5.32 Å². The van der Waals surface area contributed by atoms with E-state index in [0.29, 0.717) is 5.75 Å². The molecule has 1 unspecified atom stereocenters. The molecule has 0 spiro atoms. The quantitative estimate of drug-likeness (QED) is 0.836. The number of halogens is 1. The zero-order valence-corrected chi connectivity index (χ0v) is 11.5. The van der Waals surface area contributed by atoms with Crippen molar-refractivity contribution in [1.82, 2.24) is 5.32 Å². The molecular formula is C13H20BrNO. The summed E-state index contributed by atoms with van der Waals surface area (Å²) in [4.78, 5) is 0. The Kier molecular flexibility index (Phi) is 5.85. The van der Waals surface area contributed by atoms with Gasteiger partial charge in [0.1, 0.15) is 5.75 Å². The molecule has 1 aromatic carbocycles. The van der Waals surface area contributed by atoms with Gasteiger partial charge in [-0.15, -0.1) is 0 Å². The normalized spacial score (nSPS) is 12.7. The number of phenolic OH excluding ortho intramolecular Hbond substituents is 1. The van der Waals surface area contributed by atoms with Gasteiger partial charge in [0.15, 0.2) is 0 Å². The number of aromatic hydroxyl groups is 1. The summed E-state index contributed by atoms with van der Waals surface area (Å²) in [6.45, 7) is 6.39. The van der Waals surface area contributed by atoms with Gasteiger partial charge in [0.25, 0.3) is 0 Å². The van der Waals surface area contributed by atoms with Gasteiger partial charge >= 0.3 is 0 Å². The molecule has 3 heteroatoms. The molecule has 0 radical (unpaired) electrons. The highest BCUT2D eigenvalue weighted by Crippen LogP contribution is 2.24. The van der Waals surface area contributed by atoms with Gasteiger partial charge in [-0.3, -0.25) is 0 Å². The van der Waals surface area contributed by atoms with Gasteiger partial charge in [-0.25, -0.2) is 0 Å². The van der Waals surface area contributed by atoms with Crippen LogP contribution in [0.1, 0.15) is 32.3 Å². The number of phenols is 1. The highest BCUT2D eigenvalue weighted by molar-refractivity contribution is 9.10. The SMILES string of the molecule is CCCC(C)CNCc1ccc(O)c(Br)c1. The van der Waals surface area contributed by atoms with Crippen molar-refractivity contribution < 1.29 is 5.11 Å². The van der Waals surface area contributed by atoms with E-state index in [9.17, 15) is 5.11 Å². The van der Waals surface area contributed by atoms with Crippen molar-refractivity contribution in [1.29, 1.82) is 0 Å². The molecule has 0 saturated carbocycles. The van der Waals surface area contributed by atoms with Crippen LogP contribution in [0.5, 0.6) is 5.75 Å². The number of hydrogen-bond acceptors (Lipinski definition) is 2. The van der Waals surface area contributed by atoms with Gasteiger partial charge in [-0.2, -0.15) is 0 Å². The first-order chi connectivity index (χ1) is 7.63. The minimum atomic E-state index is 0.295. The van der Waals surface area contributed by atoms with Gasteiger partial charge < -0.3 is 10.4 Å². The summed E-state index contributed by atoms with van der Waals surface area (Å²) in [5.41, 5.74) is 1.19. The third kappa shape index (κ3) is 4.54. The van der Waals surface area contributed by atoms with Crippen LogP contribution in [-0.2, 0) is 6.54 Å². The lowest BCUT2D eigenvalue weighted by atomic mass is 10.1. The zero-order valence-electron chi connectivity index (χ0n) is 9.96. The molecule has 90 valence electrons. The molecule has 0 bridgehead atoms. The molecule has 16 heavy (non-hydrogen) atoms. The first-order valence-corrected chi connectivity index (χ1v) is 6.61. The summed E-state index contributed by atoms with van der Waals surface area (Å²) < 4.78 is 0.758. The van der Waals surface area contributed by atoms with E-state index in [-0.39, 0.29) is 0 Å². The highest BCUT2D eigenvalue weighted by atomic mass is 79.9. The Morgan fingerprint density at radius 3 is 2.81 bits per heavy atom. The molecule has 0 saturated heterocycles. The molecule has 0 aromatic heterocycles. The van der Waals surface area contributed by atoms with Crippen molar-refractivity contribution in [2.24, 2.45) is 5.92 Å². The first kappa shape index (κ1) is 13.5. The van der Waals surface area contributed by atoms with Gasteiger partial charge in [-0.1, -0.05) is 26.3 Å². The average molecular weight is 286 g/mol. The standard InChI is InChI=1S/C13H20BrNO/c1-3-4-10(2)8-15-9-11-5-6-13(16)12(14)7-11/h5-7,10,15-16H,3-4,8-9H2,1-2H3. The zero-order chi connectivity index (χ0) is 12.0. The second kappa shape index (κ2) is 6.92. The summed E-state index contributed by atoms with van der Waals surface area (Å²) in [5, 5.41) is 12.8. The third-order valence-corrected chi connectivity index (χ3v) is 3.25. The van der Waals surface area contributed by atoms with Gasteiger partial charge in [0.05, 0.1) is 4.47 Å². The maximum Gasteiger partial charge on any atom is 0.129 e. The van der Waals surface area contributed by atoms with Crippen LogP contribution in [0.2, 0.25) is 0 Å². The van der Waals surface area contributed by atoms with Crippen LogP contribution >= 0.6 is 15.9 Å². The van der Waals surface area contributed by atoms with Crippen LogP contribution in [0.4, 0.5) is 0 Å². The molecule has 0 heterocycles. The van der Waals surface area contributed by atoms with Gasteiger partial charge in [-0.05, 0) is 52.5 Å². The second-order valence-electron chi connectivity index (χ2n) is 4.31.